The number of carbonyl (C=O) groups is 5. The smallest absolute Gasteiger partial charge is 0.346 e. The monoisotopic (exact) mass is 1110 g/mol. The van der Waals surface area contributed by atoms with Crippen LogP contribution in [0.5, 0.6) is 0 Å². The van der Waals surface area contributed by atoms with E-state index >= 15 is 0 Å². The highest BCUT2D eigenvalue weighted by atomic mass is 16.6. The molecule has 0 aromatic carbocycles. The summed E-state index contributed by atoms with van der Waals surface area (Å²) in [5, 5.41) is 36.0. The number of allylic oxidation sites excluding steroid dienone is 12. The lowest BCUT2D eigenvalue weighted by Crippen LogP contribution is -2.54. The van der Waals surface area contributed by atoms with Gasteiger partial charge in [0.05, 0.1) is 16.9 Å². The van der Waals surface area contributed by atoms with Gasteiger partial charge in [-0.05, 0) is 156 Å². The molecule has 18 atom stereocenters. The highest BCUT2D eigenvalue weighted by Crippen LogP contribution is 2.65. The van der Waals surface area contributed by atoms with Crippen LogP contribution in [-0.4, -0.2) is 68.2 Å². The molecule has 18 unspecified atom stereocenters. The zero-order chi connectivity index (χ0) is 59.6. The molecular weight excluding hydrogens is 1020 g/mol. The van der Waals surface area contributed by atoms with Crippen LogP contribution >= 0.6 is 0 Å². The molecule has 0 radical (unpaired) electrons. The number of Topliss-reactive ketones (excluding diaryl/α,β-unsaturated/α-hetero) is 2. The lowest BCUT2D eigenvalue weighted by atomic mass is 9.49. The molecule has 2 saturated carbocycles. The number of esters is 3. The Hall–Kier alpha value is -5.29. The van der Waals surface area contributed by atoms with Crippen molar-refractivity contribution in [3.63, 3.8) is 0 Å². The van der Waals surface area contributed by atoms with Crippen LogP contribution in [0.2, 0.25) is 0 Å². The predicted octanol–water partition coefficient (Wildman–Crippen LogP) is 14.5. The van der Waals surface area contributed by atoms with Gasteiger partial charge in [-0.25, -0.2) is 9.59 Å². The zero-order valence-corrected chi connectivity index (χ0v) is 51.7. The van der Waals surface area contributed by atoms with Crippen molar-refractivity contribution in [2.75, 3.05) is 0 Å². The van der Waals surface area contributed by atoms with Gasteiger partial charge in [0.25, 0.3) is 0 Å². The first-order chi connectivity index (χ1) is 37.7. The Morgan fingerprint density at radius 3 is 1.37 bits per heavy atom. The van der Waals surface area contributed by atoms with E-state index in [0.29, 0.717) is 19.3 Å². The maximum Gasteiger partial charge on any atom is 0.346 e. The Morgan fingerprint density at radius 1 is 0.556 bits per heavy atom. The third kappa shape index (κ3) is 9.24. The highest BCUT2D eigenvalue weighted by molar-refractivity contribution is 6.27. The summed E-state index contributed by atoms with van der Waals surface area (Å²) < 4.78 is 18.3. The molecule has 4 bridgehead atoms. The van der Waals surface area contributed by atoms with E-state index in [-0.39, 0.29) is 93.9 Å². The van der Waals surface area contributed by atoms with Gasteiger partial charge in [-0.15, -0.1) is 0 Å². The van der Waals surface area contributed by atoms with Gasteiger partial charge in [0.1, 0.15) is 28.8 Å². The van der Waals surface area contributed by atoms with Crippen LogP contribution in [0.1, 0.15) is 182 Å². The second-order valence-electron chi connectivity index (χ2n) is 28.3. The molecule has 8 aliphatic carbocycles. The molecule has 0 aromatic heterocycles. The Bertz CT molecular complexity index is 3040. The first-order valence-electron chi connectivity index (χ1n) is 30.5. The minimum Gasteiger partial charge on any atom is -0.511 e. The Morgan fingerprint density at radius 2 is 0.951 bits per heavy atom. The van der Waals surface area contributed by atoms with Gasteiger partial charge < -0.3 is 29.5 Å². The third-order valence-corrected chi connectivity index (χ3v) is 22.7. The van der Waals surface area contributed by atoms with Gasteiger partial charge in [-0.3, -0.25) is 14.4 Å². The van der Waals surface area contributed by atoms with Gasteiger partial charge in [-0.1, -0.05) is 135 Å². The van der Waals surface area contributed by atoms with E-state index in [0.717, 1.165) is 84.0 Å². The molecule has 0 aromatic rings. The van der Waals surface area contributed by atoms with Crippen LogP contribution in [-0.2, 0) is 38.2 Å². The van der Waals surface area contributed by atoms with Crippen molar-refractivity contribution in [2.24, 2.45) is 80.8 Å². The fraction of sp³-hybridized carbons (Fsp3) is 0.643. The van der Waals surface area contributed by atoms with Crippen LogP contribution in [0, 0.1) is 80.8 Å². The molecule has 2 saturated heterocycles. The van der Waals surface area contributed by atoms with Crippen molar-refractivity contribution in [2.45, 2.75) is 205 Å². The van der Waals surface area contributed by atoms with E-state index in [1.807, 2.05) is 27.7 Å². The van der Waals surface area contributed by atoms with E-state index in [1.54, 1.807) is 0 Å². The van der Waals surface area contributed by atoms with Gasteiger partial charge >= 0.3 is 17.9 Å². The maximum atomic E-state index is 14.8. The molecule has 3 N–H and O–H groups in total. The van der Waals surface area contributed by atoms with Gasteiger partial charge in [0, 0.05) is 54.3 Å². The first-order valence-corrected chi connectivity index (χ1v) is 30.5. The number of aliphatic hydroxyl groups excluding tert-OH is 3. The van der Waals surface area contributed by atoms with Crippen LogP contribution in [0.3, 0.4) is 0 Å². The molecule has 11 heteroatoms. The fourth-order valence-corrected chi connectivity index (χ4v) is 18.9. The Balaban J connectivity index is 0.000000196. The Labute approximate surface area is 483 Å². The number of fused-ring (bicyclic) bond motifs is 8. The zero-order valence-electron chi connectivity index (χ0n) is 51.7. The topological polar surface area (TPSA) is 174 Å². The van der Waals surface area contributed by atoms with Crippen LogP contribution in [0.15, 0.2) is 116 Å². The number of ether oxygens (including phenoxy) is 3. The van der Waals surface area contributed by atoms with Crippen molar-refractivity contribution >= 4 is 29.5 Å². The molecule has 2 aliphatic heterocycles. The number of ketones is 2. The molecule has 0 amide bonds. The summed E-state index contributed by atoms with van der Waals surface area (Å²) in [6.07, 6.45) is 23.6. The predicted molar refractivity (Wildman–Crippen MR) is 315 cm³/mol. The summed E-state index contributed by atoms with van der Waals surface area (Å²) in [5.74, 6) is -3.52. The van der Waals surface area contributed by atoms with Crippen LogP contribution in [0.4, 0.5) is 0 Å². The second-order valence-corrected chi connectivity index (χ2v) is 28.3. The molecular formula is C70H94O11. The van der Waals surface area contributed by atoms with E-state index < -0.39 is 62.5 Å². The highest BCUT2D eigenvalue weighted by Gasteiger charge is 2.68. The largest absolute Gasteiger partial charge is 0.511 e. The summed E-state index contributed by atoms with van der Waals surface area (Å²) >= 11 is 0. The van der Waals surface area contributed by atoms with E-state index in [9.17, 15) is 39.3 Å². The van der Waals surface area contributed by atoms with Gasteiger partial charge in [0.15, 0.2) is 11.2 Å². The average Bonchev–Trinajstić information content (AvgIpc) is 1.98. The summed E-state index contributed by atoms with van der Waals surface area (Å²) in [6, 6.07) is 0. The molecule has 10 aliphatic rings. The quantitative estimate of drug-likeness (QED) is 0.0987. The summed E-state index contributed by atoms with van der Waals surface area (Å²) in [4.78, 5) is 69.3. The summed E-state index contributed by atoms with van der Waals surface area (Å²) in [7, 11) is 0. The minimum absolute atomic E-state index is 0.0417. The van der Waals surface area contributed by atoms with Crippen LogP contribution < -0.4 is 0 Å². The molecule has 2 heterocycles. The second kappa shape index (κ2) is 21.1. The molecule has 10 rings (SSSR count). The Kier molecular flexibility index (Phi) is 15.7. The fourth-order valence-electron chi connectivity index (χ4n) is 18.9. The summed E-state index contributed by atoms with van der Waals surface area (Å²) in [6.45, 7) is 34.6. The molecule has 11 nitrogen and oxygen atoms in total. The average molecular weight is 1110 g/mol. The van der Waals surface area contributed by atoms with E-state index in [2.05, 4.69) is 132 Å². The van der Waals surface area contributed by atoms with E-state index in [1.165, 1.54) is 12.5 Å². The van der Waals surface area contributed by atoms with Gasteiger partial charge in [0.2, 0.25) is 11.6 Å². The minimum atomic E-state index is -1.42. The molecule has 81 heavy (non-hydrogen) atoms. The third-order valence-electron chi connectivity index (χ3n) is 22.7. The number of hydrogen-bond acceptors (Lipinski definition) is 11. The lowest BCUT2D eigenvalue weighted by molar-refractivity contribution is -0.162. The number of carbonyl (C=O) groups excluding carboxylic acids is 5. The summed E-state index contributed by atoms with van der Waals surface area (Å²) in [5.41, 5.74) is 2.14. The normalized spacial score (nSPS) is 47.8. The molecule has 4 fully saturated rings. The molecule has 2 spiro atoms. The SMILES string of the molecule is CC(=O)OC1CCC(C)C2C1C=C(C)C1/C(C)=C/CC/C(C)=C/C3(C)C=C(C)C(C)CC34OC(=O)/C(=C(/O)C12C)C4=O.CC1=CC2(C)/C=C(\C)CC/C=C(\C)C3C(C)=CC4C(O)CCC(C)C4C3(C)/C(O)=C3\C(=O)OC2(CC1C)C3=O. The number of rotatable bonds is 1. The number of hydrogen-bond donors (Lipinski definition) is 3. The lowest BCUT2D eigenvalue weighted by Gasteiger charge is -2.56. The maximum absolute atomic E-state index is 14.8. The van der Waals surface area contributed by atoms with Crippen molar-refractivity contribution in [3.05, 3.63) is 116 Å². The van der Waals surface area contributed by atoms with Crippen molar-refractivity contribution in [1.29, 1.82) is 0 Å². The van der Waals surface area contributed by atoms with Crippen molar-refractivity contribution < 1.29 is 53.5 Å². The van der Waals surface area contributed by atoms with E-state index in [4.69, 9.17) is 14.2 Å². The van der Waals surface area contributed by atoms with Crippen molar-refractivity contribution in [3.8, 4) is 0 Å². The first kappa shape index (κ1) is 60.3. The molecule has 440 valence electrons. The van der Waals surface area contributed by atoms with Crippen LogP contribution in [0.25, 0.3) is 0 Å². The van der Waals surface area contributed by atoms with Gasteiger partial charge in [-0.2, -0.15) is 0 Å². The number of aliphatic hydroxyl groups is 3. The van der Waals surface area contributed by atoms with Crippen molar-refractivity contribution in [1.82, 2.24) is 0 Å². The standard InChI is InChI=1S/C36H48O6.C34H46O5/c1-19-11-10-12-20(2)29-22(4)15-26-27(41-25(7)37)14-13-21(3)30(26)35(29,9)31(38)28-32(39)36(42-33(28)40)18-24(6)23(5)17-34(36,8)16-19;1-18-10-9-11-19(2)27-21(4)14-24-25(35)13-12-20(3)28(24)33(27,8)29(36)26-30(37)34(39-31(26)38)17-23(6)22(5)16-32(34,7)15-18/h12,15-17,21,24,26-27,29-30,38H,10-11,13-14,18H2,1-9H3;11,14-16,20,23-25,27-28,35-36H,9-10,12-13,17H2,1-8H3/b19-16+,20-12+,31-28+;18-15+,19-11+,29-26+.